The Bertz CT molecular complexity index is 522. The minimum atomic E-state index is -1.56. The molecule has 0 amide bonds. The van der Waals surface area contributed by atoms with Crippen LogP contribution >= 0.6 is 46.6 Å². The fourth-order valence-corrected chi connectivity index (χ4v) is 2.23. The normalized spacial score (nSPS) is 18.6. The SMILES string of the molecule is CSC1=NC(C(Cl)(Cl)Cl)N=C(c2ccc(C)cc2)N1.[Cl-]. The second-order valence-electron chi connectivity index (χ2n) is 4.02. The summed E-state index contributed by atoms with van der Waals surface area (Å²) in [5, 5.41) is 3.81. The number of rotatable bonds is 1. The highest BCUT2D eigenvalue weighted by Crippen LogP contribution is 2.34. The standard InChI is InChI=1S/C12H12Cl3N3S.ClH/c1-7-3-5-8(6-4-7)9-16-10(12(13,14)15)18-11(17-9)19-2;/h3-6,10H,1-2H3,(H,16,17,18);1H/p-1. The quantitative estimate of drug-likeness (QED) is 0.740. The molecule has 20 heavy (non-hydrogen) atoms. The molecule has 0 fully saturated rings. The number of thioether (sulfide) groups is 1. The average molecular weight is 372 g/mol. The van der Waals surface area contributed by atoms with Crippen molar-refractivity contribution in [1.82, 2.24) is 5.32 Å². The Hall–Kier alpha value is -0.130. The summed E-state index contributed by atoms with van der Waals surface area (Å²) >= 11 is 19.1. The molecule has 2 rings (SSSR count). The Morgan fingerprint density at radius 1 is 1.15 bits per heavy atom. The maximum atomic E-state index is 5.89. The van der Waals surface area contributed by atoms with E-state index in [9.17, 15) is 0 Å². The van der Waals surface area contributed by atoms with Crippen LogP contribution in [0.3, 0.4) is 0 Å². The summed E-state index contributed by atoms with van der Waals surface area (Å²) in [6.45, 7) is 2.03. The van der Waals surface area contributed by atoms with Crippen LogP contribution in [0.2, 0.25) is 0 Å². The number of alkyl halides is 3. The Labute approximate surface area is 143 Å². The Morgan fingerprint density at radius 3 is 2.25 bits per heavy atom. The second kappa shape index (κ2) is 7.23. The molecule has 3 nitrogen and oxygen atoms in total. The van der Waals surface area contributed by atoms with Crippen LogP contribution in [0.4, 0.5) is 0 Å². The van der Waals surface area contributed by atoms with Gasteiger partial charge in [0.1, 0.15) is 5.84 Å². The summed E-state index contributed by atoms with van der Waals surface area (Å²) in [7, 11) is 0. The lowest BCUT2D eigenvalue weighted by Crippen LogP contribution is -3.00. The molecule has 0 aliphatic carbocycles. The van der Waals surface area contributed by atoms with E-state index in [-0.39, 0.29) is 12.4 Å². The van der Waals surface area contributed by atoms with Crippen LogP contribution in [0.5, 0.6) is 0 Å². The Morgan fingerprint density at radius 2 is 1.75 bits per heavy atom. The number of benzene rings is 1. The first-order valence-corrected chi connectivity index (χ1v) is 7.86. The van der Waals surface area contributed by atoms with Gasteiger partial charge in [-0.3, -0.25) is 0 Å². The molecule has 1 atom stereocenters. The molecular weight excluding hydrogens is 360 g/mol. The predicted molar refractivity (Wildman–Crippen MR) is 85.9 cm³/mol. The second-order valence-corrected chi connectivity index (χ2v) is 7.19. The van der Waals surface area contributed by atoms with E-state index >= 15 is 0 Å². The molecular formula is C12H12Cl4N3S-. The van der Waals surface area contributed by atoms with E-state index in [0.717, 1.165) is 5.56 Å². The zero-order chi connectivity index (χ0) is 14.0. The monoisotopic (exact) mass is 370 g/mol. The van der Waals surface area contributed by atoms with E-state index in [0.29, 0.717) is 11.0 Å². The molecule has 110 valence electrons. The summed E-state index contributed by atoms with van der Waals surface area (Å²) in [6, 6.07) is 7.96. The van der Waals surface area contributed by atoms with Crippen LogP contribution in [-0.2, 0) is 0 Å². The van der Waals surface area contributed by atoms with Crippen molar-refractivity contribution in [2.45, 2.75) is 16.9 Å². The van der Waals surface area contributed by atoms with Gasteiger partial charge < -0.3 is 17.7 Å². The van der Waals surface area contributed by atoms with Gasteiger partial charge in [-0.2, -0.15) is 0 Å². The predicted octanol–water partition coefficient (Wildman–Crippen LogP) is 0.764. The number of nitrogens with zero attached hydrogens (tertiary/aromatic N) is 2. The number of halogens is 4. The van der Waals surface area contributed by atoms with Crippen LogP contribution in [0.25, 0.3) is 0 Å². The van der Waals surface area contributed by atoms with Crippen molar-refractivity contribution in [3.8, 4) is 0 Å². The summed E-state index contributed by atoms with van der Waals surface area (Å²) in [5.74, 6) is 0.663. The smallest absolute Gasteiger partial charge is 0.232 e. The number of aliphatic imine (C=N–C) groups is 2. The third-order valence-corrected chi connectivity index (χ3v) is 3.71. The van der Waals surface area contributed by atoms with Gasteiger partial charge in [-0.1, -0.05) is 76.4 Å². The molecule has 1 unspecified atom stereocenters. The Balaban J connectivity index is 0.00000200. The van der Waals surface area contributed by atoms with Gasteiger partial charge in [-0.15, -0.1) is 0 Å². The molecule has 0 spiro atoms. The number of hydrogen-bond acceptors (Lipinski definition) is 4. The first-order valence-electron chi connectivity index (χ1n) is 5.50. The van der Waals surface area contributed by atoms with Crippen molar-refractivity contribution >= 4 is 57.6 Å². The van der Waals surface area contributed by atoms with Gasteiger partial charge in [-0.05, 0) is 13.2 Å². The molecule has 1 aliphatic rings. The zero-order valence-electron chi connectivity index (χ0n) is 10.7. The van der Waals surface area contributed by atoms with E-state index in [2.05, 4.69) is 15.3 Å². The van der Waals surface area contributed by atoms with E-state index in [1.807, 2.05) is 37.4 Å². The molecule has 0 saturated carbocycles. The van der Waals surface area contributed by atoms with Crippen molar-refractivity contribution in [3.05, 3.63) is 35.4 Å². The summed E-state index contributed by atoms with van der Waals surface area (Å²) in [4.78, 5) is 8.61. The molecule has 1 N–H and O–H groups in total. The maximum Gasteiger partial charge on any atom is 0.232 e. The van der Waals surface area contributed by atoms with Crippen LogP contribution in [0.15, 0.2) is 34.3 Å². The highest BCUT2D eigenvalue weighted by molar-refractivity contribution is 8.13. The summed E-state index contributed by atoms with van der Waals surface area (Å²) in [5.41, 5.74) is 2.11. The molecule has 0 bridgehead atoms. The van der Waals surface area contributed by atoms with Crippen LogP contribution in [0.1, 0.15) is 11.1 Å². The summed E-state index contributed by atoms with van der Waals surface area (Å²) in [6.07, 6.45) is 1.16. The van der Waals surface area contributed by atoms with Crippen molar-refractivity contribution < 1.29 is 12.4 Å². The molecule has 0 aromatic heterocycles. The van der Waals surface area contributed by atoms with Gasteiger partial charge in [0.15, 0.2) is 11.3 Å². The molecule has 0 saturated heterocycles. The van der Waals surface area contributed by atoms with E-state index in [4.69, 9.17) is 34.8 Å². The highest BCUT2D eigenvalue weighted by Gasteiger charge is 2.35. The van der Waals surface area contributed by atoms with Crippen molar-refractivity contribution in [2.24, 2.45) is 9.98 Å². The van der Waals surface area contributed by atoms with E-state index in [1.165, 1.54) is 17.3 Å². The molecule has 1 aromatic carbocycles. The number of amidine groups is 2. The molecule has 1 aliphatic heterocycles. The van der Waals surface area contributed by atoms with Gasteiger partial charge in [-0.25, -0.2) is 9.98 Å². The Kier molecular flexibility index (Phi) is 6.48. The summed E-state index contributed by atoms with van der Waals surface area (Å²) < 4.78 is -1.56. The van der Waals surface area contributed by atoms with Crippen LogP contribution < -0.4 is 17.7 Å². The van der Waals surface area contributed by atoms with Crippen molar-refractivity contribution in [1.29, 1.82) is 0 Å². The molecule has 1 heterocycles. The zero-order valence-corrected chi connectivity index (χ0v) is 14.5. The fourth-order valence-electron chi connectivity index (χ4n) is 1.54. The third kappa shape index (κ3) is 4.43. The average Bonchev–Trinajstić information content (AvgIpc) is 2.38. The van der Waals surface area contributed by atoms with E-state index < -0.39 is 9.96 Å². The maximum absolute atomic E-state index is 5.89. The number of nitrogens with one attached hydrogen (secondary N) is 1. The highest BCUT2D eigenvalue weighted by atomic mass is 35.6. The lowest BCUT2D eigenvalue weighted by molar-refractivity contribution is -0.00000382. The third-order valence-electron chi connectivity index (χ3n) is 2.53. The molecule has 8 heteroatoms. The number of aryl methyl sites for hydroxylation is 1. The lowest BCUT2D eigenvalue weighted by atomic mass is 10.1. The van der Waals surface area contributed by atoms with Gasteiger partial charge in [0.25, 0.3) is 0 Å². The number of hydrogen-bond donors (Lipinski definition) is 1. The first-order chi connectivity index (χ1) is 8.90. The van der Waals surface area contributed by atoms with Gasteiger partial charge >= 0.3 is 0 Å². The van der Waals surface area contributed by atoms with E-state index in [1.54, 1.807) is 0 Å². The first kappa shape index (κ1) is 17.9. The van der Waals surface area contributed by atoms with Crippen molar-refractivity contribution in [2.75, 3.05) is 6.26 Å². The van der Waals surface area contributed by atoms with Crippen LogP contribution in [-0.4, -0.2) is 27.2 Å². The van der Waals surface area contributed by atoms with Crippen LogP contribution in [0, 0.1) is 6.92 Å². The van der Waals surface area contributed by atoms with Gasteiger partial charge in [0, 0.05) is 5.56 Å². The van der Waals surface area contributed by atoms with Gasteiger partial charge in [0.2, 0.25) is 3.79 Å². The van der Waals surface area contributed by atoms with Gasteiger partial charge in [0.05, 0.1) is 0 Å². The minimum absolute atomic E-state index is 0. The topological polar surface area (TPSA) is 36.8 Å². The van der Waals surface area contributed by atoms with Crippen molar-refractivity contribution in [3.63, 3.8) is 0 Å². The minimum Gasteiger partial charge on any atom is -1.00 e. The molecule has 0 radical (unpaired) electrons. The molecule has 1 aromatic rings. The largest absolute Gasteiger partial charge is 1.00 e. The lowest BCUT2D eigenvalue weighted by Gasteiger charge is -2.24. The fraction of sp³-hybridized carbons (Fsp3) is 0.333.